The van der Waals surface area contributed by atoms with Gasteiger partial charge in [-0.05, 0) is 69.0 Å². The van der Waals surface area contributed by atoms with Crippen molar-refractivity contribution in [1.29, 1.82) is 0 Å². The highest BCUT2D eigenvalue weighted by molar-refractivity contribution is 6.06. The minimum Gasteiger partial charge on any atom is -0.370 e. The largest absolute Gasteiger partial charge is 0.370 e. The Bertz CT molecular complexity index is 984. The predicted molar refractivity (Wildman–Crippen MR) is 118 cm³/mol. The lowest BCUT2D eigenvalue weighted by Gasteiger charge is -2.30. The lowest BCUT2D eigenvalue weighted by molar-refractivity contribution is 0.102. The van der Waals surface area contributed by atoms with Gasteiger partial charge in [0.05, 0.1) is 23.6 Å². The standard InChI is InChI=1S/C24H28N4O/c1-18-16-19(2)28(26-18)17-20-10-12-21(13-11-20)24(29)25-22-8-4-5-9-23(22)27-14-6-3-7-15-27/h4-5,8-13,16H,3,6-7,14-15,17H2,1-2H3,(H,25,29). The molecular weight excluding hydrogens is 360 g/mol. The molecule has 1 amide bonds. The number of aryl methyl sites for hydroxylation is 2. The Hall–Kier alpha value is -3.08. The quantitative estimate of drug-likeness (QED) is 0.684. The number of anilines is 2. The van der Waals surface area contributed by atoms with Crippen LogP contribution in [0.15, 0.2) is 54.6 Å². The van der Waals surface area contributed by atoms with Crippen LogP contribution in [0.4, 0.5) is 11.4 Å². The van der Waals surface area contributed by atoms with Crippen LogP contribution in [-0.4, -0.2) is 28.8 Å². The first kappa shape index (κ1) is 19.2. The van der Waals surface area contributed by atoms with Crippen LogP contribution >= 0.6 is 0 Å². The minimum absolute atomic E-state index is 0.0767. The van der Waals surface area contributed by atoms with E-state index in [1.54, 1.807) is 0 Å². The average Bonchev–Trinajstić information content (AvgIpc) is 3.06. The van der Waals surface area contributed by atoms with Gasteiger partial charge in [-0.3, -0.25) is 9.48 Å². The molecule has 0 aliphatic carbocycles. The summed E-state index contributed by atoms with van der Waals surface area (Å²) >= 11 is 0. The Morgan fingerprint density at radius 2 is 1.72 bits per heavy atom. The van der Waals surface area contributed by atoms with Gasteiger partial charge in [0.1, 0.15) is 0 Å². The molecule has 1 aliphatic heterocycles. The van der Waals surface area contributed by atoms with Gasteiger partial charge in [-0.25, -0.2) is 0 Å². The van der Waals surface area contributed by atoms with Crippen LogP contribution in [-0.2, 0) is 6.54 Å². The lowest BCUT2D eigenvalue weighted by Crippen LogP contribution is -2.30. The van der Waals surface area contributed by atoms with Gasteiger partial charge in [0, 0.05) is 24.3 Å². The number of rotatable bonds is 5. The van der Waals surface area contributed by atoms with Crippen molar-refractivity contribution in [3.63, 3.8) is 0 Å². The number of hydrogen-bond acceptors (Lipinski definition) is 3. The van der Waals surface area contributed by atoms with E-state index in [9.17, 15) is 4.79 Å². The second kappa shape index (κ2) is 8.52. The molecule has 1 N–H and O–H groups in total. The van der Waals surface area contributed by atoms with Gasteiger partial charge in [-0.1, -0.05) is 24.3 Å². The van der Waals surface area contributed by atoms with Crippen LogP contribution in [0, 0.1) is 13.8 Å². The Morgan fingerprint density at radius 1 is 1.00 bits per heavy atom. The third-order valence-electron chi connectivity index (χ3n) is 5.50. The van der Waals surface area contributed by atoms with E-state index in [0.717, 1.165) is 41.4 Å². The normalized spacial score (nSPS) is 14.1. The zero-order chi connectivity index (χ0) is 20.2. The topological polar surface area (TPSA) is 50.2 Å². The van der Waals surface area contributed by atoms with Crippen LogP contribution in [0.1, 0.15) is 46.6 Å². The molecule has 1 fully saturated rings. The molecule has 2 aromatic carbocycles. The summed E-state index contributed by atoms with van der Waals surface area (Å²) in [6.45, 7) is 6.86. The number of carbonyl (C=O) groups excluding carboxylic acids is 1. The van der Waals surface area contributed by atoms with Gasteiger partial charge in [-0.2, -0.15) is 5.10 Å². The zero-order valence-electron chi connectivity index (χ0n) is 17.2. The number of amides is 1. The van der Waals surface area contributed by atoms with E-state index >= 15 is 0 Å². The van der Waals surface area contributed by atoms with Crippen molar-refractivity contribution < 1.29 is 4.79 Å². The van der Waals surface area contributed by atoms with E-state index in [-0.39, 0.29) is 5.91 Å². The summed E-state index contributed by atoms with van der Waals surface area (Å²) in [6.07, 6.45) is 3.70. The number of para-hydroxylation sites is 2. The van der Waals surface area contributed by atoms with Crippen molar-refractivity contribution in [2.45, 2.75) is 39.7 Å². The van der Waals surface area contributed by atoms with Crippen LogP contribution in [0.25, 0.3) is 0 Å². The number of nitrogens with one attached hydrogen (secondary N) is 1. The Balaban J connectivity index is 1.46. The van der Waals surface area contributed by atoms with E-state index in [4.69, 9.17) is 0 Å². The Kier molecular flexibility index (Phi) is 5.65. The Labute approximate surface area is 172 Å². The molecule has 4 rings (SSSR count). The summed E-state index contributed by atoms with van der Waals surface area (Å²) in [7, 11) is 0. The fourth-order valence-electron chi connectivity index (χ4n) is 3.95. The van der Waals surface area contributed by atoms with Crippen molar-refractivity contribution in [3.8, 4) is 0 Å². The number of nitrogens with zero attached hydrogens (tertiary/aromatic N) is 3. The van der Waals surface area contributed by atoms with E-state index in [1.807, 2.05) is 54.1 Å². The second-order valence-corrected chi connectivity index (χ2v) is 7.80. The molecule has 3 aromatic rings. The molecule has 1 aliphatic rings. The second-order valence-electron chi connectivity index (χ2n) is 7.80. The maximum Gasteiger partial charge on any atom is 0.255 e. The predicted octanol–water partition coefficient (Wildman–Crippen LogP) is 4.79. The van der Waals surface area contributed by atoms with Crippen molar-refractivity contribution in [3.05, 3.63) is 77.1 Å². The minimum atomic E-state index is -0.0767. The number of aromatic nitrogens is 2. The fourth-order valence-corrected chi connectivity index (χ4v) is 3.95. The summed E-state index contributed by atoms with van der Waals surface area (Å²) < 4.78 is 1.99. The smallest absolute Gasteiger partial charge is 0.255 e. The van der Waals surface area contributed by atoms with E-state index < -0.39 is 0 Å². The van der Waals surface area contributed by atoms with E-state index in [2.05, 4.69) is 34.4 Å². The van der Waals surface area contributed by atoms with Crippen molar-refractivity contribution >= 4 is 17.3 Å². The molecule has 150 valence electrons. The highest BCUT2D eigenvalue weighted by Crippen LogP contribution is 2.28. The molecule has 5 heteroatoms. The first-order valence-corrected chi connectivity index (χ1v) is 10.4. The van der Waals surface area contributed by atoms with Crippen LogP contribution in [0.2, 0.25) is 0 Å². The molecule has 29 heavy (non-hydrogen) atoms. The summed E-state index contributed by atoms with van der Waals surface area (Å²) in [5.74, 6) is -0.0767. The molecule has 1 aromatic heterocycles. The summed E-state index contributed by atoms with van der Waals surface area (Å²) in [6, 6.07) is 17.9. The molecule has 0 spiro atoms. The molecule has 0 radical (unpaired) electrons. The number of carbonyl (C=O) groups is 1. The maximum atomic E-state index is 12.8. The first-order chi connectivity index (χ1) is 14.1. The van der Waals surface area contributed by atoms with Crippen molar-refractivity contribution in [2.24, 2.45) is 0 Å². The van der Waals surface area contributed by atoms with Gasteiger partial charge >= 0.3 is 0 Å². The van der Waals surface area contributed by atoms with E-state index in [1.165, 1.54) is 19.3 Å². The summed E-state index contributed by atoms with van der Waals surface area (Å²) in [5, 5.41) is 7.61. The number of piperidine rings is 1. The monoisotopic (exact) mass is 388 g/mol. The van der Waals surface area contributed by atoms with Gasteiger partial charge in [0.15, 0.2) is 0 Å². The van der Waals surface area contributed by atoms with Gasteiger partial charge in [-0.15, -0.1) is 0 Å². The first-order valence-electron chi connectivity index (χ1n) is 10.4. The van der Waals surface area contributed by atoms with E-state index in [0.29, 0.717) is 12.1 Å². The number of hydrogen-bond donors (Lipinski definition) is 1. The molecule has 2 heterocycles. The third kappa shape index (κ3) is 4.50. The third-order valence-corrected chi connectivity index (χ3v) is 5.50. The molecule has 0 atom stereocenters. The molecule has 0 bridgehead atoms. The van der Waals surface area contributed by atoms with Crippen LogP contribution in [0.3, 0.4) is 0 Å². The lowest BCUT2D eigenvalue weighted by atomic mass is 10.1. The molecule has 1 saturated heterocycles. The highest BCUT2D eigenvalue weighted by atomic mass is 16.1. The Morgan fingerprint density at radius 3 is 2.41 bits per heavy atom. The van der Waals surface area contributed by atoms with Crippen molar-refractivity contribution in [2.75, 3.05) is 23.3 Å². The summed E-state index contributed by atoms with van der Waals surface area (Å²) in [4.78, 5) is 15.2. The molecule has 0 saturated carbocycles. The van der Waals surface area contributed by atoms with Gasteiger partial charge in [0.25, 0.3) is 5.91 Å². The highest BCUT2D eigenvalue weighted by Gasteiger charge is 2.16. The number of benzene rings is 2. The average molecular weight is 389 g/mol. The zero-order valence-corrected chi connectivity index (χ0v) is 17.2. The summed E-state index contributed by atoms with van der Waals surface area (Å²) in [5.41, 5.74) is 5.94. The van der Waals surface area contributed by atoms with Gasteiger partial charge < -0.3 is 10.2 Å². The van der Waals surface area contributed by atoms with Crippen LogP contribution < -0.4 is 10.2 Å². The van der Waals surface area contributed by atoms with Crippen molar-refractivity contribution in [1.82, 2.24) is 9.78 Å². The SMILES string of the molecule is Cc1cc(C)n(Cc2ccc(C(=O)Nc3ccccc3N3CCCCC3)cc2)n1. The fraction of sp³-hybridized carbons (Fsp3) is 0.333. The molecule has 5 nitrogen and oxygen atoms in total. The van der Waals surface area contributed by atoms with Crippen LogP contribution in [0.5, 0.6) is 0 Å². The molecular formula is C24H28N4O. The molecule has 0 unspecified atom stereocenters. The maximum absolute atomic E-state index is 12.8. The van der Waals surface area contributed by atoms with Gasteiger partial charge in [0.2, 0.25) is 0 Å².